The fraction of sp³-hybridized carbons (Fsp3) is 0.562. The number of amides is 1. The molecule has 3 aromatic rings. The van der Waals surface area contributed by atoms with E-state index in [0.717, 1.165) is 96.7 Å². The lowest BCUT2D eigenvalue weighted by Crippen LogP contribution is -2.62. The van der Waals surface area contributed by atoms with Gasteiger partial charge in [0.2, 0.25) is 5.91 Å². The summed E-state index contributed by atoms with van der Waals surface area (Å²) in [7, 11) is 0. The van der Waals surface area contributed by atoms with Crippen LogP contribution in [0.1, 0.15) is 56.1 Å². The Morgan fingerprint density at radius 1 is 0.951 bits per heavy atom. The molecule has 41 heavy (non-hydrogen) atoms. The summed E-state index contributed by atoms with van der Waals surface area (Å²) in [6.45, 7) is 3.59. The Morgan fingerprint density at radius 2 is 1.61 bits per heavy atom. The number of phenols is 1. The number of phenolic OH excluding ortho intramolecular Hbond substituents is 1. The zero-order valence-electron chi connectivity index (χ0n) is 23.6. The molecule has 1 heterocycles. The number of aromatic nitrogens is 1. The first-order chi connectivity index (χ1) is 19.9. The summed E-state index contributed by atoms with van der Waals surface area (Å²) < 4.78 is 14.0. The minimum Gasteiger partial charge on any atom is -0.506 e. The Kier molecular flexibility index (Phi) is 8.47. The Hall–Kier alpha value is -2.75. The second kappa shape index (κ2) is 12.2. The van der Waals surface area contributed by atoms with Crippen LogP contribution in [0.25, 0.3) is 10.2 Å². The van der Waals surface area contributed by atoms with E-state index in [9.17, 15) is 19.1 Å². The standard InChI is InChI=1S/C32H41FN4O3S/c33-26-4-1-21(2-5-26)7-10-34-12-9-28(39)37(32-18-22-15-23(19-32)17-24(16-22)20-32)14-13-35-11-8-25-3-6-27(38)29-30(25)41-31(40)36-29/h1-6,22-24,34-35,38H,7-20H2,(H,36,40). The Balaban J connectivity index is 1.04. The molecule has 0 unspecified atom stereocenters. The van der Waals surface area contributed by atoms with Gasteiger partial charge in [0.1, 0.15) is 17.1 Å². The molecular formula is C32H41FN4O3S. The van der Waals surface area contributed by atoms with Crippen LogP contribution in [0.15, 0.2) is 41.2 Å². The minimum atomic E-state index is -0.219. The van der Waals surface area contributed by atoms with Crippen LogP contribution in [0.3, 0.4) is 0 Å². The first kappa shape index (κ1) is 28.4. The molecule has 2 aromatic carbocycles. The molecule has 7 rings (SSSR count). The Bertz CT molecular complexity index is 1380. The third-order valence-electron chi connectivity index (χ3n) is 9.62. The second-order valence-corrected chi connectivity index (χ2v) is 13.5. The molecule has 4 bridgehead atoms. The average Bonchev–Trinajstić information content (AvgIpc) is 3.34. The van der Waals surface area contributed by atoms with Crippen LogP contribution < -0.4 is 15.5 Å². The number of hydrogen-bond acceptors (Lipinski definition) is 6. The first-order valence-corrected chi connectivity index (χ1v) is 16.0. The molecule has 0 spiro atoms. The summed E-state index contributed by atoms with van der Waals surface area (Å²) in [4.78, 5) is 30.4. The molecule has 220 valence electrons. The van der Waals surface area contributed by atoms with Gasteiger partial charge < -0.3 is 25.6 Å². The smallest absolute Gasteiger partial charge is 0.305 e. The predicted molar refractivity (Wildman–Crippen MR) is 161 cm³/mol. The number of thiazole rings is 1. The summed E-state index contributed by atoms with van der Waals surface area (Å²) >= 11 is 1.14. The number of carbonyl (C=O) groups is 1. The van der Waals surface area contributed by atoms with Crippen molar-refractivity contribution in [1.29, 1.82) is 0 Å². The van der Waals surface area contributed by atoms with Crippen LogP contribution in [-0.2, 0) is 17.6 Å². The van der Waals surface area contributed by atoms with E-state index in [1.54, 1.807) is 6.07 Å². The van der Waals surface area contributed by atoms with E-state index in [1.807, 2.05) is 18.2 Å². The summed E-state index contributed by atoms with van der Waals surface area (Å²) in [6.07, 6.45) is 9.53. The quantitative estimate of drug-likeness (QED) is 0.222. The summed E-state index contributed by atoms with van der Waals surface area (Å²) in [6, 6.07) is 10.1. The molecule has 9 heteroatoms. The van der Waals surface area contributed by atoms with Crippen LogP contribution in [0.2, 0.25) is 0 Å². The molecule has 1 amide bonds. The van der Waals surface area contributed by atoms with Crippen LogP contribution in [0.4, 0.5) is 4.39 Å². The van der Waals surface area contributed by atoms with Gasteiger partial charge in [-0.1, -0.05) is 29.5 Å². The van der Waals surface area contributed by atoms with Gasteiger partial charge in [-0.05, 0) is 112 Å². The fourth-order valence-corrected chi connectivity index (χ4v) is 9.07. The van der Waals surface area contributed by atoms with E-state index in [1.165, 1.54) is 31.4 Å². The normalized spacial score (nSPS) is 24.8. The highest BCUT2D eigenvalue weighted by atomic mass is 32.1. The van der Waals surface area contributed by atoms with Crippen molar-refractivity contribution in [2.75, 3.05) is 32.7 Å². The van der Waals surface area contributed by atoms with Crippen molar-refractivity contribution >= 4 is 27.5 Å². The zero-order chi connectivity index (χ0) is 28.4. The molecule has 0 atom stereocenters. The van der Waals surface area contributed by atoms with Crippen molar-refractivity contribution in [2.45, 2.75) is 63.3 Å². The van der Waals surface area contributed by atoms with Gasteiger partial charge in [-0.2, -0.15) is 0 Å². The lowest BCUT2D eigenvalue weighted by atomic mass is 9.52. The predicted octanol–water partition coefficient (Wildman–Crippen LogP) is 4.59. The molecule has 4 aliphatic rings. The number of rotatable bonds is 13. The van der Waals surface area contributed by atoms with E-state index in [-0.39, 0.29) is 27.9 Å². The monoisotopic (exact) mass is 580 g/mol. The Morgan fingerprint density at radius 3 is 2.32 bits per heavy atom. The van der Waals surface area contributed by atoms with E-state index < -0.39 is 0 Å². The number of fused-ring (bicyclic) bond motifs is 1. The molecule has 4 aliphatic carbocycles. The summed E-state index contributed by atoms with van der Waals surface area (Å²) in [5.41, 5.74) is 2.66. The van der Waals surface area contributed by atoms with Crippen LogP contribution in [-0.4, -0.2) is 59.2 Å². The van der Waals surface area contributed by atoms with Gasteiger partial charge >= 0.3 is 4.87 Å². The van der Waals surface area contributed by atoms with Gasteiger partial charge in [0.15, 0.2) is 0 Å². The Labute approximate surface area is 244 Å². The molecule has 0 saturated heterocycles. The van der Waals surface area contributed by atoms with Crippen molar-refractivity contribution in [2.24, 2.45) is 17.8 Å². The van der Waals surface area contributed by atoms with Crippen molar-refractivity contribution in [3.8, 4) is 5.75 Å². The molecule has 7 nitrogen and oxygen atoms in total. The van der Waals surface area contributed by atoms with Crippen LogP contribution in [0.5, 0.6) is 5.75 Å². The molecule has 1 aromatic heterocycles. The number of aromatic amines is 1. The van der Waals surface area contributed by atoms with Gasteiger partial charge in [0, 0.05) is 31.6 Å². The first-order valence-electron chi connectivity index (χ1n) is 15.2. The van der Waals surface area contributed by atoms with Crippen LogP contribution >= 0.6 is 11.3 Å². The lowest BCUT2D eigenvalue weighted by molar-refractivity contribution is -0.150. The maximum absolute atomic E-state index is 13.8. The highest BCUT2D eigenvalue weighted by molar-refractivity contribution is 7.16. The summed E-state index contributed by atoms with van der Waals surface area (Å²) in [5, 5.41) is 17.0. The number of nitrogens with zero attached hydrogens (tertiary/aromatic N) is 1. The number of aromatic hydroxyl groups is 1. The molecule has 0 aliphatic heterocycles. The minimum absolute atomic E-state index is 0.0159. The van der Waals surface area contributed by atoms with Crippen molar-refractivity contribution in [3.05, 3.63) is 63.0 Å². The van der Waals surface area contributed by atoms with E-state index in [0.29, 0.717) is 25.0 Å². The number of hydrogen-bond donors (Lipinski definition) is 4. The highest BCUT2D eigenvalue weighted by Crippen LogP contribution is 2.57. The van der Waals surface area contributed by atoms with Crippen LogP contribution in [0, 0.1) is 23.6 Å². The number of benzene rings is 2. The van der Waals surface area contributed by atoms with Gasteiger partial charge in [0.25, 0.3) is 0 Å². The summed E-state index contributed by atoms with van der Waals surface area (Å²) in [5.74, 6) is 2.43. The fourth-order valence-electron chi connectivity index (χ4n) is 8.17. The number of H-pyrrole nitrogens is 1. The molecule has 4 N–H and O–H groups in total. The van der Waals surface area contributed by atoms with Crippen molar-refractivity contribution in [3.63, 3.8) is 0 Å². The second-order valence-electron chi connectivity index (χ2n) is 12.5. The van der Waals surface area contributed by atoms with Gasteiger partial charge in [-0.15, -0.1) is 0 Å². The maximum Gasteiger partial charge on any atom is 0.305 e. The van der Waals surface area contributed by atoms with Crippen molar-refractivity contribution < 1.29 is 14.3 Å². The maximum atomic E-state index is 13.8. The van der Waals surface area contributed by atoms with Gasteiger partial charge in [-0.25, -0.2) is 4.39 Å². The molecular weight excluding hydrogens is 539 g/mol. The molecule has 4 saturated carbocycles. The highest BCUT2D eigenvalue weighted by Gasteiger charge is 2.54. The van der Waals surface area contributed by atoms with Gasteiger partial charge in [0.05, 0.1) is 4.70 Å². The zero-order valence-corrected chi connectivity index (χ0v) is 24.4. The average molecular weight is 581 g/mol. The largest absolute Gasteiger partial charge is 0.506 e. The lowest BCUT2D eigenvalue weighted by Gasteiger charge is -2.60. The van der Waals surface area contributed by atoms with Gasteiger partial charge in [-0.3, -0.25) is 9.59 Å². The molecule has 0 radical (unpaired) electrons. The number of carbonyl (C=O) groups excluding carboxylic acids is 1. The van der Waals surface area contributed by atoms with E-state index in [2.05, 4.69) is 20.5 Å². The number of halogens is 1. The van der Waals surface area contributed by atoms with Crippen molar-refractivity contribution in [1.82, 2.24) is 20.5 Å². The third kappa shape index (κ3) is 6.37. The van der Waals surface area contributed by atoms with E-state index >= 15 is 0 Å². The topological polar surface area (TPSA) is 97.5 Å². The van der Waals surface area contributed by atoms with E-state index in [4.69, 9.17) is 0 Å². The SMILES string of the molecule is O=C(CCNCCc1ccc(F)cc1)N(CCNCCc1ccc(O)c2[nH]c(=O)sc12)C12CC3CC(CC(C3)C1)C2. The number of nitrogens with one attached hydrogen (secondary N) is 3. The third-order valence-corrected chi connectivity index (χ3v) is 10.6. The molecule has 4 fully saturated rings.